The van der Waals surface area contributed by atoms with Crippen molar-refractivity contribution < 1.29 is 4.79 Å². The fourth-order valence-electron chi connectivity index (χ4n) is 1.71. The van der Waals surface area contributed by atoms with Crippen LogP contribution in [0.25, 0.3) is 0 Å². The topological polar surface area (TPSA) is 40.9 Å². The normalized spacial score (nSPS) is 11.8. The number of benzene rings is 1. The molecule has 0 saturated heterocycles. The molecule has 1 atom stereocenters. The number of nitriles is 1. The molecule has 2 nitrogen and oxygen atoms in total. The van der Waals surface area contributed by atoms with Gasteiger partial charge >= 0.3 is 0 Å². The molecule has 16 heavy (non-hydrogen) atoms. The first-order valence-corrected chi connectivity index (χ1v) is 5.59. The minimum atomic E-state index is 0.00875. The van der Waals surface area contributed by atoms with Crippen LogP contribution in [-0.2, 0) is 11.2 Å². The molecule has 0 heterocycles. The molecule has 1 unspecified atom stereocenters. The van der Waals surface area contributed by atoms with Gasteiger partial charge in [0.1, 0.15) is 5.78 Å². The third-order valence-corrected chi connectivity index (χ3v) is 2.82. The molecular formula is C14H17NO. The fourth-order valence-corrected chi connectivity index (χ4v) is 1.71. The maximum Gasteiger partial charge on any atom is 0.137 e. The van der Waals surface area contributed by atoms with Gasteiger partial charge in [-0.15, -0.1) is 0 Å². The van der Waals surface area contributed by atoms with Gasteiger partial charge in [-0.05, 0) is 24.5 Å². The largest absolute Gasteiger partial charge is 0.299 e. The predicted molar refractivity (Wildman–Crippen MR) is 63.9 cm³/mol. The maximum absolute atomic E-state index is 11.7. The molecule has 84 valence electrons. The van der Waals surface area contributed by atoms with E-state index in [4.69, 9.17) is 5.26 Å². The molecule has 0 aliphatic heterocycles. The highest BCUT2D eigenvalue weighted by Gasteiger charge is 2.13. The van der Waals surface area contributed by atoms with Crippen LogP contribution in [0.2, 0.25) is 0 Å². The summed E-state index contributed by atoms with van der Waals surface area (Å²) in [6.07, 6.45) is 1.48. The van der Waals surface area contributed by atoms with E-state index in [-0.39, 0.29) is 11.7 Å². The Hall–Kier alpha value is -1.62. The molecule has 0 amide bonds. The quantitative estimate of drug-likeness (QED) is 0.757. The lowest BCUT2D eigenvalue weighted by Crippen LogP contribution is -2.13. The fraction of sp³-hybridized carbons (Fsp3) is 0.429. The third-order valence-electron chi connectivity index (χ3n) is 2.82. The zero-order valence-electron chi connectivity index (χ0n) is 9.86. The van der Waals surface area contributed by atoms with Gasteiger partial charge in [-0.1, -0.05) is 31.2 Å². The summed E-state index contributed by atoms with van der Waals surface area (Å²) in [5.41, 5.74) is 2.45. The minimum absolute atomic E-state index is 0.00875. The number of rotatable bonds is 5. The molecule has 0 saturated carbocycles. The lowest BCUT2D eigenvalue weighted by Gasteiger charge is -2.11. The molecule has 1 aromatic rings. The van der Waals surface area contributed by atoms with E-state index in [1.165, 1.54) is 11.1 Å². The second kappa shape index (κ2) is 6.07. The van der Waals surface area contributed by atoms with Crippen molar-refractivity contribution >= 4 is 5.78 Å². The first kappa shape index (κ1) is 12.4. The number of carbonyl (C=O) groups is 1. The Kier molecular flexibility index (Phi) is 4.72. The second-order valence-electron chi connectivity index (χ2n) is 4.16. The standard InChI is InChI=1S/C14H17NO/c1-11-6-3-4-7-13(11)10-12(2)14(16)8-5-9-15/h3-4,6-7,12H,5,8,10H2,1-2H3. The molecule has 2 heteroatoms. The zero-order chi connectivity index (χ0) is 12.0. The van der Waals surface area contributed by atoms with E-state index >= 15 is 0 Å². The molecule has 0 fully saturated rings. The van der Waals surface area contributed by atoms with Gasteiger partial charge in [0, 0.05) is 18.8 Å². The van der Waals surface area contributed by atoms with Gasteiger partial charge in [0.05, 0.1) is 6.07 Å². The number of hydrogen-bond acceptors (Lipinski definition) is 2. The van der Waals surface area contributed by atoms with Gasteiger partial charge in [-0.2, -0.15) is 5.26 Å². The average Bonchev–Trinajstić information content (AvgIpc) is 2.28. The van der Waals surface area contributed by atoms with Crippen molar-refractivity contribution in [3.63, 3.8) is 0 Å². The van der Waals surface area contributed by atoms with Crippen molar-refractivity contribution in [3.8, 4) is 6.07 Å². The van der Waals surface area contributed by atoms with Crippen LogP contribution in [0, 0.1) is 24.2 Å². The Bertz CT molecular complexity index is 403. The van der Waals surface area contributed by atoms with Crippen molar-refractivity contribution in [2.75, 3.05) is 0 Å². The first-order chi connectivity index (χ1) is 7.65. The Morgan fingerprint density at radius 1 is 1.44 bits per heavy atom. The van der Waals surface area contributed by atoms with Gasteiger partial charge in [-0.3, -0.25) is 4.79 Å². The highest BCUT2D eigenvalue weighted by molar-refractivity contribution is 5.81. The van der Waals surface area contributed by atoms with Crippen LogP contribution in [0.5, 0.6) is 0 Å². The smallest absolute Gasteiger partial charge is 0.137 e. The van der Waals surface area contributed by atoms with Crippen LogP contribution in [0.1, 0.15) is 30.9 Å². The molecular weight excluding hydrogens is 198 g/mol. The molecule has 0 aliphatic carbocycles. The van der Waals surface area contributed by atoms with Crippen LogP contribution >= 0.6 is 0 Å². The number of hydrogen-bond donors (Lipinski definition) is 0. The van der Waals surface area contributed by atoms with Gasteiger partial charge < -0.3 is 0 Å². The summed E-state index contributed by atoms with van der Waals surface area (Å²) < 4.78 is 0. The zero-order valence-corrected chi connectivity index (χ0v) is 9.86. The molecule has 0 aromatic heterocycles. The van der Waals surface area contributed by atoms with Crippen molar-refractivity contribution in [1.82, 2.24) is 0 Å². The lowest BCUT2D eigenvalue weighted by molar-refractivity contribution is -0.122. The van der Waals surface area contributed by atoms with E-state index in [2.05, 4.69) is 19.1 Å². The molecule has 0 radical (unpaired) electrons. The third kappa shape index (κ3) is 3.51. The van der Waals surface area contributed by atoms with E-state index in [0.717, 1.165) is 6.42 Å². The summed E-state index contributed by atoms with van der Waals surface area (Å²) in [5.74, 6) is 0.194. The average molecular weight is 215 g/mol. The van der Waals surface area contributed by atoms with Crippen LogP contribution in [0.4, 0.5) is 0 Å². The molecule has 1 aromatic carbocycles. The maximum atomic E-state index is 11.7. The Morgan fingerprint density at radius 3 is 2.75 bits per heavy atom. The van der Waals surface area contributed by atoms with Gasteiger partial charge in [-0.25, -0.2) is 0 Å². The number of carbonyl (C=O) groups excluding carboxylic acids is 1. The summed E-state index contributed by atoms with van der Waals surface area (Å²) in [5, 5.41) is 8.43. The van der Waals surface area contributed by atoms with Crippen LogP contribution in [0.3, 0.4) is 0 Å². The Balaban J connectivity index is 2.58. The van der Waals surface area contributed by atoms with E-state index in [9.17, 15) is 4.79 Å². The summed E-state index contributed by atoms with van der Waals surface area (Å²) in [6, 6.07) is 10.1. The lowest BCUT2D eigenvalue weighted by atomic mass is 9.93. The van der Waals surface area contributed by atoms with Crippen molar-refractivity contribution in [2.24, 2.45) is 5.92 Å². The number of ketones is 1. The number of aryl methyl sites for hydroxylation is 1. The van der Waals surface area contributed by atoms with Crippen molar-refractivity contribution in [2.45, 2.75) is 33.1 Å². The summed E-state index contributed by atoms with van der Waals surface area (Å²) in [7, 11) is 0. The SMILES string of the molecule is Cc1ccccc1CC(C)C(=O)CCC#N. The number of Topliss-reactive ketones (excluding diaryl/α,β-unsaturated/α-hetero) is 1. The van der Waals surface area contributed by atoms with Crippen molar-refractivity contribution in [3.05, 3.63) is 35.4 Å². The first-order valence-electron chi connectivity index (χ1n) is 5.59. The second-order valence-corrected chi connectivity index (χ2v) is 4.16. The molecule has 0 N–H and O–H groups in total. The van der Waals surface area contributed by atoms with Gasteiger partial charge in [0.25, 0.3) is 0 Å². The summed E-state index contributed by atoms with van der Waals surface area (Å²) in [6.45, 7) is 3.99. The molecule has 0 bridgehead atoms. The van der Waals surface area contributed by atoms with Crippen molar-refractivity contribution in [1.29, 1.82) is 5.26 Å². The molecule has 0 spiro atoms. The van der Waals surface area contributed by atoms with Gasteiger partial charge in [0.2, 0.25) is 0 Å². The molecule has 0 aliphatic rings. The predicted octanol–water partition coefficient (Wildman–Crippen LogP) is 3.05. The Labute approximate surface area is 96.9 Å². The van der Waals surface area contributed by atoms with Crippen LogP contribution < -0.4 is 0 Å². The van der Waals surface area contributed by atoms with E-state index in [0.29, 0.717) is 12.8 Å². The highest BCUT2D eigenvalue weighted by atomic mass is 16.1. The monoisotopic (exact) mass is 215 g/mol. The van der Waals surface area contributed by atoms with E-state index < -0.39 is 0 Å². The van der Waals surface area contributed by atoms with E-state index in [1.807, 2.05) is 25.1 Å². The Morgan fingerprint density at radius 2 is 2.12 bits per heavy atom. The number of nitrogens with zero attached hydrogens (tertiary/aromatic N) is 1. The van der Waals surface area contributed by atoms with E-state index in [1.54, 1.807) is 0 Å². The summed E-state index contributed by atoms with van der Waals surface area (Å²) in [4.78, 5) is 11.7. The van der Waals surface area contributed by atoms with Crippen LogP contribution in [-0.4, -0.2) is 5.78 Å². The van der Waals surface area contributed by atoms with Crippen LogP contribution in [0.15, 0.2) is 24.3 Å². The summed E-state index contributed by atoms with van der Waals surface area (Å²) >= 11 is 0. The minimum Gasteiger partial charge on any atom is -0.299 e. The molecule has 1 rings (SSSR count). The van der Waals surface area contributed by atoms with Gasteiger partial charge in [0.15, 0.2) is 0 Å². The highest BCUT2D eigenvalue weighted by Crippen LogP contribution is 2.15.